The van der Waals surface area contributed by atoms with Gasteiger partial charge < -0.3 is 20.9 Å². The number of pyridine rings is 1. The number of thiazole rings is 1. The number of aromatic nitrogens is 4. The lowest BCUT2D eigenvalue weighted by Gasteiger charge is -2.32. The number of nitrogens with one attached hydrogen (secondary N) is 2. The second-order valence-corrected chi connectivity index (χ2v) is 9.79. The van der Waals surface area contributed by atoms with Crippen LogP contribution in [-0.4, -0.2) is 74.0 Å². The lowest BCUT2D eigenvalue weighted by Crippen LogP contribution is -2.47. The first-order valence-electron chi connectivity index (χ1n) is 11.4. The molecule has 1 aromatic carbocycles. The number of rotatable bonds is 7. The molecule has 39 heavy (non-hydrogen) atoms. The van der Waals surface area contributed by atoms with Crippen molar-refractivity contribution in [3.63, 3.8) is 0 Å². The predicted octanol–water partition coefficient (Wildman–Crippen LogP) is 3.01. The number of amides is 3. The summed E-state index contributed by atoms with van der Waals surface area (Å²) in [4.78, 5) is 47.9. The Labute approximate surface area is 228 Å². The number of aromatic carboxylic acids is 1. The average Bonchev–Trinajstić information content (AvgIpc) is 3.53. The summed E-state index contributed by atoms with van der Waals surface area (Å²) in [5.41, 5.74) is 6.28. The summed E-state index contributed by atoms with van der Waals surface area (Å²) < 4.78 is 20.0. The summed E-state index contributed by atoms with van der Waals surface area (Å²) >= 11 is 6.78. The van der Waals surface area contributed by atoms with Crippen LogP contribution < -0.4 is 16.4 Å². The van der Waals surface area contributed by atoms with Gasteiger partial charge >= 0.3 is 12.0 Å². The number of benzene rings is 1. The summed E-state index contributed by atoms with van der Waals surface area (Å²) in [6.07, 6.45) is 1.75. The number of primary amides is 1. The molecule has 0 aliphatic carbocycles. The van der Waals surface area contributed by atoms with E-state index in [1.807, 2.05) is 0 Å². The molecule has 3 amide bonds. The van der Waals surface area contributed by atoms with Crippen molar-refractivity contribution < 1.29 is 28.6 Å². The summed E-state index contributed by atoms with van der Waals surface area (Å²) in [7, 11) is 0. The van der Waals surface area contributed by atoms with E-state index in [4.69, 9.17) is 22.1 Å². The topological polar surface area (TPSA) is 178 Å². The van der Waals surface area contributed by atoms with Crippen molar-refractivity contribution in [1.29, 1.82) is 0 Å². The molecule has 0 bridgehead atoms. The SMILES string of the molecule is NC(=O)C(N1CCOCC1)n1ncc2c(C(=O)O)cc(-c3cnc(NC(=O)Nc4ccc(F)c(Cl)c4)s3)nc21. The largest absolute Gasteiger partial charge is 0.478 e. The van der Waals surface area contributed by atoms with Gasteiger partial charge in [-0.2, -0.15) is 5.10 Å². The van der Waals surface area contributed by atoms with Crippen molar-refractivity contribution in [1.82, 2.24) is 24.6 Å². The Bertz CT molecular complexity index is 1590. The number of carboxylic acids is 1. The van der Waals surface area contributed by atoms with E-state index in [9.17, 15) is 23.9 Å². The number of fused-ring (bicyclic) bond motifs is 1. The molecule has 0 spiro atoms. The molecule has 5 rings (SSSR count). The lowest BCUT2D eigenvalue weighted by molar-refractivity contribution is -0.129. The summed E-state index contributed by atoms with van der Waals surface area (Å²) in [5, 5.41) is 19.5. The van der Waals surface area contributed by atoms with Gasteiger partial charge in [-0.25, -0.2) is 28.6 Å². The quantitative estimate of drug-likeness (QED) is 0.258. The van der Waals surface area contributed by atoms with Crippen molar-refractivity contribution >= 4 is 62.7 Å². The third-order valence-corrected chi connectivity index (χ3v) is 7.06. The maximum absolute atomic E-state index is 13.4. The van der Waals surface area contributed by atoms with Crippen LogP contribution in [0.2, 0.25) is 5.02 Å². The number of halogens is 2. The molecule has 5 N–H and O–H groups in total. The fourth-order valence-corrected chi connectivity index (χ4v) is 5.01. The molecule has 1 aliphatic heterocycles. The van der Waals surface area contributed by atoms with Crippen molar-refractivity contribution in [3.8, 4) is 10.6 Å². The first kappa shape index (κ1) is 26.4. The van der Waals surface area contributed by atoms with Gasteiger partial charge in [0.2, 0.25) is 0 Å². The van der Waals surface area contributed by atoms with E-state index in [-0.39, 0.29) is 38.1 Å². The minimum Gasteiger partial charge on any atom is -0.478 e. The van der Waals surface area contributed by atoms with Crippen LogP contribution in [0.5, 0.6) is 0 Å². The molecule has 1 unspecified atom stereocenters. The number of hydrogen-bond acceptors (Lipinski definition) is 9. The van der Waals surface area contributed by atoms with Gasteiger partial charge in [0.15, 0.2) is 16.9 Å². The Morgan fingerprint density at radius 1 is 1.18 bits per heavy atom. The van der Waals surface area contributed by atoms with Gasteiger partial charge in [-0.15, -0.1) is 0 Å². The van der Waals surface area contributed by atoms with E-state index in [0.29, 0.717) is 31.2 Å². The van der Waals surface area contributed by atoms with E-state index in [0.717, 1.165) is 17.4 Å². The predicted molar refractivity (Wildman–Crippen MR) is 140 cm³/mol. The number of urea groups is 1. The molecule has 1 atom stereocenters. The van der Waals surface area contributed by atoms with Crippen LogP contribution in [0.3, 0.4) is 0 Å². The highest BCUT2D eigenvalue weighted by atomic mass is 35.5. The van der Waals surface area contributed by atoms with E-state index >= 15 is 0 Å². The minimum atomic E-state index is -1.22. The number of hydrogen-bond donors (Lipinski definition) is 4. The van der Waals surface area contributed by atoms with Crippen LogP contribution in [0.4, 0.5) is 20.0 Å². The Balaban J connectivity index is 1.45. The number of carboxylic acid groups (broad SMARTS) is 1. The van der Waals surface area contributed by atoms with Crippen LogP contribution in [0.1, 0.15) is 16.5 Å². The zero-order chi connectivity index (χ0) is 27.7. The molecular weight excluding hydrogens is 555 g/mol. The highest BCUT2D eigenvalue weighted by Crippen LogP contribution is 2.32. The molecule has 1 fully saturated rings. The second-order valence-electron chi connectivity index (χ2n) is 8.35. The van der Waals surface area contributed by atoms with Gasteiger partial charge in [-0.05, 0) is 24.3 Å². The number of carbonyl (C=O) groups is 3. The number of carbonyl (C=O) groups excluding carboxylic acids is 2. The van der Waals surface area contributed by atoms with Crippen LogP contribution >= 0.6 is 22.9 Å². The van der Waals surface area contributed by atoms with Gasteiger partial charge in [-0.1, -0.05) is 22.9 Å². The molecule has 16 heteroatoms. The molecule has 4 heterocycles. The van der Waals surface area contributed by atoms with Crippen LogP contribution in [0, 0.1) is 5.82 Å². The van der Waals surface area contributed by atoms with E-state index in [1.165, 1.54) is 35.3 Å². The summed E-state index contributed by atoms with van der Waals surface area (Å²) in [6, 6.07) is 4.44. The number of nitrogens with two attached hydrogens (primary N) is 1. The first-order valence-corrected chi connectivity index (χ1v) is 12.6. The van der Waals surface area contributed by atoms with E-state index < -0.39 is 29.9 Å². The fraction of sp³-hybridized carbons (Fsp3) is 0.217. The van der Waals surface area contributed by atoms with Crippen molar-refractivity contribution in [2.24, 2.45) is 5.73 Å². The van der Waals surface area contributed by atoms with E-state index in [2.05, 4.69) is 25.7 Å². The molecule has 0 radical (unpaired) electrons. The Morgan fingerprint density at radius 3 is 2.64 bits per heavy atom. The first-order chi connectivity index (χ1) is 18.7. The minimum absolute atomic E-state index is 0.0831. The summed E-state index contributed by atoms with van der Waals surface area (Å²) in [5.74, 6) is -2.51. The molecule has 1 aliphatic rings. The normalized spacial score (nSPS) is 14.7. The van der Waals surface area contributed by atoms with Crippen molar-refractivity contribution in [2.45, 2.75) is 6.17 Å². The smallest absolute Gasteiger partial charge is 0.336 e. The molecular formula is C23H20ClFN8O5S. The highest BCUT2D eigenvalue weighted by molar-refractivity contribution is 7.19. The summed E-state index contributed by atoms with van der Waals surface area (Å²) in [6.45, 7) is 1.66. The Morgan fingerprint density at radius 2 is 1.95 bits per heavy atom. The molecule has 1 saturated heterocycles. The van der Waals surface area contributed by atoms with E-state index in [1.54, 1.807) is 4.90 Å². The molecule has 13 nitrogen and oxygen atoms in total. The monoisotopic (exact) mass is 574 g/mol. The Hall–Kier alpha value is -4.18. The third kappa shape index (κ3) is 5.51. The third-order valence-electron chi connectivity index (χ3n) is 5.83. The number of ether oxygens (including phenoxy) is 1. The van der Waals surface area contributed by atoms with Crippen molar-refractivity contribution in [2.75, 3.05) is 36.9 Å². The maximum Gasteiger partial charge on any atom is 0.336 e. The zero-order valence-corrected chi connectivity index (χ0v) is 21.5. The molecule has 202 valence electrons. The van der Waals surface area contributed by atoms with Crippen LogP contribution in [-0.2, 0) is 9.53 Å². The molecule has 4 aromatic rings. The highest BCUT2D eigenvalue weighted by Gasteiger charge is 2.31. The van der Waals surface area contributed by atoms with Gasteiger partial charge in [0.05, 0.1) is 46.0 Å². The van der Waals surface area contributed by atoms with Gasteiger partial charge in [0.1, 0.15) is 5.82 Å². The van der Waals surface area contributed by atoms with Gasteiger partial charge in [0.25, 0.3) is 5.91 Å². The standard InChI is InChI=1S/C23H20ClFN8O5S/c24-14-7-11(1-2-15(14)25)29-22(37)31-23-27-10-17(39-23)16-8-12(21(35)36)13-9-28-33(19(13)30-16)20(18(26)34)32-3-5-38-6-4-32/h1-2,7-10,20H,3-6H2,(H2,26,34)(H,35,36)(H2,27,29,31,37). The van der Waals surface area contributed by atoms with Crippen LogP contribution in [0.15, 0.2) is 36.7 Å². The number of anilines is 2. The lowest BCUT2D eigenvalue weighted by atomic mass is 10.1. The van der Waals surface area contributed by atoms with Gasteiger partial charge in [-0.3, -0.25) is 15.0 Å². The van der Waals surface area contributed by atoms with Gasteiger partial charge in [0, 0.05) is 25.0 Å². The molecule has 0 saturated carbocycles. The maximum atomic E-state index is 13.4. The Kier molecular flexibility index (Phi) is 7.38. The molecule has 3 aromatic heterocycles. The second kappa shape index (κ2) is 10.9. The van der Waals surface area contributed by atoms with Crippen molar-refractivity contribution in [3.05, 3.63) is 53.1 Å². The fourth-order valence-electron chi connectivity index (χ4n) is 4.06. The average molecular weight is 575 g/mol. The number of nitrogens with zero attached hydrogens (tertiary/aromatic N) is 5. The number of morpholine rings is 1. The van der Waals surface area contributed by atoms with Crippen LogP contribution in [0.25, 0.3) is 21.6 Å². The zero-order valence-electron chi connectivity index (χ0n) is 19.9.